The third-order valence-corrected chi connectivity index (χ3v) is 2.67. The topological polar surface area (TPSA) is 21.3 Å². The van der Waals surface area contributed by atoms with E-state index in [1.54, 1.807) is 0 Å². The fourth-order valence-electron chi connectivity index (χ4n) is 1.53. The molecule has 0 spiro atoms. The van der Waals surface area contributed by atoms with Gasteiger partial charge in [0, 0.05) is 17.6 Å². The van der Waals surface area contributed by atoms with Gasteiger partial charge in [0.2, 0.25) is 0 Å². The summed E-state index contributed by atoms with van der Waals surface area (Å²) in [5, 5.41) is 4.19. The fraction of sp³-hybridized carbons (Fsp3) is 0.571. The molecule has 0 aliphatic heterocycles. The predicted octanol–water partition coefficient (Wildman–Crippen LogP) is 3.81. The largest absolute Gasteiger partial charge is 0.375 e. The zero-order valence-electron chi connectivity index (χ0n) is 11.1. The monoisotopic (exact) mass is 255 g/mol. The molecule has 3 heteroatoms. The van der Waals surface area contributed by atoms with Crippen molar-refractivity contribution < 1.29 is 4.74 Å². The lowest BCUT2D eigenvalue weighted by Gasteiger charge is -2.21. The van der Waals surface area contributed by atoms with Gasteiger partial charge in [-0.2, -0.15) is 0 Å². The van der Waals surface area contributed by atoms with Crippen molar-refractivity contribution in [2.45, 2.75) is 39.3 Å². The minimum absolute atomic E-state index is 0.0685. The molecule has 0 heterocycles. The first-order valence-corrected chi connectivity index (χ1v) is 6.39. The lowest BCUT2D eigenvalue weighted by Crippen LogP contribution is -2.28. The van der Waals surface area contributed by atoms with Crippen molar-refractivity contribution in [3.63, 3.8) is 0 Å². The molecule has 17 heavy (non-hydrogen) atoms. The first kappa shape index (κ1) is 14.5. The van der Waals surface area contributed by atoms with Gasteiger partial charge in [0.25, 0.3) is 0 Å². The highest BCUT2D eigenvalue weighted by atomic mass is 35.5. The van der Waals surface area contributed by atoms with Crippen LogP contribution in [0.15, 0.2) is 24.3 Å². The summed E-state index contributed by atoms with van der Waals surface area (Å²) in [5.41, 5.74) is 1.13. The van der Waals surface area contributed by atoms with E-state index in [9.17, 15) is 0 Å². The van der Waals surface area contributed by atoms with Crippen molar-refractivity contribution in [1.82, 2.24) is 5.32 Å². The molecule has 1 N–H and O–H groups in total. The normalized spacial score (nSPS) is 13.7. The first-order chi connectivity index (χ1) is 7.88. The molecule has 0 aliphatic carbocycles. The molecule has 0 saturated heterocycles. The Bertz CT molecular complexity index is 346. The Hall–Kier alpha value is -0.570. The highest BCUT2D eigenvalue weighted by Gasteiger charge is 2.10. The first-order valence-electron chi connectivity index (χ1n) is 6.01. The molecule has 0 aliphatic rings. The van der Waals surface area contributed by atoms with Crippen LogP contribution in [0.2, 0.25) is 5.02 Å². The Morgan fingerprint density at radius 3 is 2.65 bits per heavy atom. The zero-order chi connectivity index (χ0) is 12.9. The molecule has 96 valence electrons. The summed E-state index contributed by atoms with van der Waals surface area (Å²) in [6.45, 7) is 9.87. The molecule has 1 aromatic carbocycles. The van der Waals surface area contributed by atoms with Crippen LogP contribution >= 0.6 is 11.6 Å². The van der Waals surface area contributed by atoms with Crippen LogP contribution in [0.4, 0.5) is 0 Å². The van der Waals surface area contributed by atoms with Crippen LogP contribution in [0, 0.1) is 0 Å². The standard InChI is InChI=1S/C14H22ClNO/c1-11(12-6-5-7-13(15)10-12)16-8-9-17-14(2,3)4/h5-7,10-11,16H,8-9H2,1-4H3/t11-/m1/s1. The molecule has 0 bridgehead atoms. The highest BCUT2D eigenvalue weighted by Crippen LogP contribution is 2.17. The number of nitrogens with one attached hydrogen (secondary N) is 1. The van der Waals surface area contributed by atoms with E-state index in [4.69, 9.17) is 16.3 Å². The molecule has 2 nitrogen and oxygen atoms in total. The molecule has 0 amide bonds. The van der Waals surface area contributed by atoms with Gasteiger partial charge >= 0.3 is 0 Å². The van der Waals surface area contributed by atoms with Gasteiger partial charge in [0.15, 0.2) is 0 Å². The van der Waals surface area contributed by atoms with Gasteiger partial charge in [0.1, 0.15) is 0 Å². The maximum atomic E-state index is 5.96. The van der Waals surface area contributed by atoms with Crippen LogP contribution in [-0.2, 0) is 4.74 Å². The Labute approximate surface area is 109 Å². The second-order valence-corrected chi connectivity index (χ2v) is 5.63. The number of hydrogen-bond acceptors (Lipinski definition) is 2. The average molecular weight is 256 g/mol. The summed E-state index contributed by atoms with van der Waals surface area (Å²) in [6.07, 6.45) is 0. The van der Waals surface area contributed by atoms with Gasteiger partial charge in [-0.3, -0.25) is 0 Å². The summed E-state index contributed by atoms with van der Waals surface area (Å²) in [5.74, 6) is 0. The Morgan fingerprint density at radius 2 is 2.06 bits per heavy atom. The van der Waals surface area contributed by atoms with Crippen LogP contribution in [0.3, 0.4) is 0 Å². The van der Waals surface area contributed by atoms with Crippen LogP contribution < -0.4 is 5.32 Å². The van der Waals surface area contributed by atoms with Crippen molar-refractivity contribution >= 4 is 11.6 Å². The molecule has 0 aromatic heterocycles. The maximum Gasteiger partial charge on any atom is 0.0599 e. The van der Waals surface area contributed by atoms with Crippen molar-refractivity contribution in [2.24, 2.45) is 0 Å². The molecule has 1 atom stereocenters. The molecule has 1 rings (SSSR count). The van der Waals surface area contributed by atoms with Gasteiger partial charge in [-0.15, -0.1) is 0 Å². The Morgan fingerprint density at radius 1 is 1.35 bits per heavy atom. The minimum atomic E-state index is -0.0685. The molecular weight excluding hydrogens is 234 g/mol. The molecule has 0 fully saturated rings. The average Bonchev–Trinajstić information content (AvgIpc) is 2.23. The summed E-state index contributed by atoms with van der Waals surface area (Å²) in [4.78, 5) is 0. The van der Waals surface area contributed by atoms with E-state index in [1.165, 1.54) is 5.56 Å². The maximum absolute atomic E-state index is 5.96. The van der Waals surface area contributed by atoms with Crippen molar-refractivity contribution in [3.8, 4) is 0 Å². The summed E-state index contributed by atoms with van der Waals surface area (Å²) < 4.78 is 5.65. The number of benzene rings is 1. The van der Waals surface area contributed by atoms with E-state index in [1.807, 2.05) is 18.2 Å². The van der Waals surface area contributed by atoms with E-state index in [2.05, 4.69) is 39.1 Å². The molecule has 0 unspecified atom stereocenters. The molecule has 0 radical (unpaired) electrons. The lowest BCUT2D eigenvalue weighted by molar-refractivity contribution is -0.00149. The minimum Gasteiger partial charge on any atom is -0.375 e. The van der Waals surface area contributed by atoms with E-state index < -0.39 is 0 Å². The number of rotatable bonds is 5. The van der Waals surface area contributed by atoms with E-state index in [0.29, 0.717) is 6.61 Å². The molecule has 1 aromatic rings. The zero-order valence-corrected chi connectivity index (χ0v) is 11.8. The van der Waals surface area contributed by atoms with Gasteiger partial charge < -0.3 is 10.1 Å². The van der Waals surface area contributed by atoms with Crippen LogP contribution in [-0.4, -0.2) is 18.8 Å². The third kappa shape index (κ3) is 6.06. The molecular formula is C14H22ClNO. The lowest BCUT2D eigenvalue weighted by atomic mass is 10.1. The van der Waals surface area contributed by atoms with Crippen molar-refractivity contribution in [1.29, 1.82) is 0 Å². The van der Waals surface area contributed by atoms with Gasteiger partial charge in [-0.05, 0) is 45.4 Å². The van der Waals surface area contributed by atoms with Gasteiger partial charge in [0.05, 0.1) is 12.2 Å². The fourth-order valence-corrected chi connectivity index (χ4v) is 1.73. The Balaban J connectivity index is 2.33. The SMILES string of the molecule is C[C@@H](NCCOC(C)(C)C)c1cccc(Cl)c1. The predicted molar refractivity (Wildman–Crippen MR) is 73.6 cm³/mol. The van der Waals surface area contributed by atoms with Crippen molar-refractivity contribution in [3.05, 3.63) is 34.9 Å². The summed E-state index contributed by atoms with van der Waals surface area (Å²) >= 11 is 5.96. The van der Waals surface area contributed by atoms with Crippen molar-refractivity contribution in [2.75, 3.05) is 13.2 Å². The number of halogens is 1. The third-order valence-electron chi connectivity index (χ3n) is 2.44. The van der Waals surface area contributed by atoms with E-state index >= 15 is 0 Å². The summed E-state index contributed by atoms with van der Waals surface area (Å²) in [7, 11) is 0. The second kappa shape index (κ2) is 6.39. The number of ether oxygens (including phenoxy) is 1. The quantitative estimate of drug-likeness (QED) is 0.808. The number of hydrogen-bond donors (Lipinski definition) is 1. The highest BCUT2D eigenvalue weighted by molar-refractivity contribution is 6.30. The van der Waals surface area contributed by atoms with Crippen LogP contribution in [0.25, 0.3) is 0 Å². The van der Waals surface area contributed by atoms with E-state index in [-0.39, 0.29) is 11.6 Å². The van der Waals surface area contributed by atoms with Gasteiger partial charge in [-0.25, -0.2) is 0 Å². The van der Waals surface area contributed by atoms with Gasteiger partial charge in [-0.1, -0.05) is 23.7 Å². The van der Waals surface area contributed by atoms with Crippen LogP contribution in [0.1, 0.15) is 39.3 Å². The summed E-state index contributed by atoms with van der Waals surface area (Å²) in [6, 6.07) is 8.22. The smallest absolute Gasteiger partial charge is 0.0599 e. The second-order valence-electron chi connectivity index (χ2n) is 5.19. The molecule has 0 saturated carbocycles. The Kier molecular flexibility index (Phi) is 5.44. The van der Waals surface area contributed by atoms with E-state index in [0.717, 1.165) is 11.6 Å². The van der Waals surface area contributed by atoms with Crippen LogP contribution in [0.5, 0.6) is 0 Å².